The number of benzene rings is 1. The van der Waals surface area contributed by atoms with Crippen molar-refractivity contribution >= 4 is 29.3 Å². The zero-order chi connectivity index (χ0) is 27.5. The van der Waals surface area contributed by atoms with Crippen LogP contribution in [0.2, 0.25) is 0 Å². The molecule has 0 saturated carbocycles. The Bertz CT molecular complexity index is 1190. The fourth-order valence-corrected chi connectivity index (χ4v) is 3.79. The lowest BCUT2D eigenvalue weighted by Crippen LogP contribution is -2.45. The van der Waals surface area contributed by atoms with Gasteiger partial charge in [-0.1, -0.05) is 17.9 Å². The van der Waals surface area contributed by atoms with E-state index in [4.69, 9.17) is 0 Å². The monoisotopic (exact) mass is 525 g/mol. The van der Waals surface area contributed by atoms with Gasteiger partial charge in [0.05, 0.1) is 18.3 Å². The predicted octanol–water partition coefficient (Wildman–Crippen LogP) is 2.71. The molecule has 1 aromatic heterocycles. The zero-order valence-electron chi connectivity index (χ0n) is 21.8. The van der Waals surface area contributed by atoms with Gasteiger partial charge in [0.15, 0.2) is 0 Å². The summed E-state index contributed by atoms with van der Waals surface area (Å²) in [7, 11) is 5.48. The van der Waals surface area contributed by atoms with E-state index in [1.165, 1.54) is 23.1 Å². The first kappa shape index (κ1) is 28.5. The van der Waals surface area contributed by atoms with Crippen LogP contribution < -0.4 is 16.0 Å². The highest BCUT2D eigenvalue weighted by molar-refractivity contribution is 5.93. The van der Waals surface area contributed by atoms with E-state index in [1.807, 2.05) is 19.0 Å². The number of alkyl halides is 1. The molecule has 1 fully saturated rings. The molecule has 0 unspecified atom stereocenters. The molecule has 1 saturated heterocycles. The van der Waals surface area contributed by atoms with Gasteiger partial charge in [-0.15, -0.1) is 0 Å². The molecule has 3 N–H and O–H groups in total. The maximum atomic E-state index is 14.0. The van der Waals surface area contributed by atoms with E-state index in [-0.39, 0.29) is 30.6 Å². The van der Waals surface area contributed by atoms with Crippen LogP contribution in [0.25, 0.3) is 0 Å². The van der Waals surface area contributed by atoms with E-state index in [1.54, 1.807) is 31.5 Å². The normalized spacial score (nSPS) is 16.8. The summed E-state index contributed by atoms with van der Waals surface area (Å²) in [6, 6.07) is 5.05. The molecule has 2 atom stereocenters. The second kappa shape index (κ2) is 14.0. The molecule has 0 radical (unpaired) electrons. The lowest BCUT2D eigenvalue weighted by molar-refractivity contribution is -0.135. The number of nitrogens with zero attached hydrogens (tertiary/aromatic N) is 4. The number of nitrogens with one attached hydrogen (secondary N) is 3. The van der Waals surface area contributed by atoms with Gasteiger partial charge in [-0.2, -0.15) is 4.98 Å². The van der Waals surface area contributed by atoms with Gasteiger partial charge in [0.1, 0.15) is 23.8 Å². The average molecular weight is 526 g/mol. The van der Waals surface area contributed by atoms with Crippen molar-refractivity contribution < 1.29 is 18.4 Å². The number of carbonyl (C=O) groups is 2. The van der Waals surface area contributed by atoms with Gasteiger partial charge in [-0.25, -0.2) is 13.8 Å². The average Bonchev–Trinajstić information content (AvgIpc) is 3.29. The molecule has 0 spiro atoms. The summed E-state index contributed by atoms with van der Waals surface area (Å²) in [6.07, 6.45) is 4.54. The summed E-state index contributed by atoms with van der Waals surface area (Å²) in [4.78, 5) is 36.9. The highest BCUT2D eigenvalue weighted by Gasteiger charge is 2.38. The number of amides is 2. The number of rotatable bonds is 10. The number of hydrogen-bond acceptors (Lipinski definition) is 7. The molecule has 202 valence electrons. The van der Waals surface area contributed by atoms with Crippen LogP contribution in [-0.2, 0) is 9.59 Å². The van der Waals surface area contributed by atoms with Gasteiger partial charge in [-0.3, -0.25) is 9.59 Å². The third-order valence-electron chi connectivity index (χ3n) is 5.69. The number of carbonyl (C=O) groups excluding carboxylic acids is 2. The molecule has 9 nitrogen and oxygen atoms in total. The van der Waals surface area contributed by atoms with E-state index in [0.717, 1.165) is 0 Å². The Kier molecular flexibility index (Phi) is 10.5. The van der Waals surface area contributed by atoms with Crippen molar-refractivity contribution in [3.8, 4) is 11.8 Å². The minimum Gasteiger partial charge on any atom is -0.372 e. The minimum absolute atomic E-state index is 0.00228. The summed E-state index contributed by atoms with van der Waals surface area (Å²) in [5.41, 5.74) is 1.26. The third-order valence-corrected chi connectivity index (χ3v) is 5.69. The molecule has 1 aromatic carbocycles. The first-order valence-corrected chi connectivity index (χ1v) is 12.4. The highest BCUT2D eigenvalue weighted by atomic mass is 19.1. The number of anilines is 3. The maximum Gasteiger partial charge on any atom is 0.247 e. The van der Waals surface area contributed by atoms with Crippen molar-refractivity contribution in [3.63, 3.8) is 0 Å². The Morgan fingerprint density at radius 3 is 2.74 bits per heavy atom. The van der Waals surface area contributed by atoms with Crippen molar-refractivity contribution in [1.29, 1.82) is 0 Å². The number of likely N-dealkylation sites (N-methyl/N-ethyl adjacent to an activating group) is 1. The molecule has 11 heteroatoms. The lowest BCUT2D eigenvalue weighted by Gasteiger charge is -2.22. The molecule has 1 aliphatic rings. The second-order valence-corrected chi connectivity index (χ2v) is 9.04. The van der Waals surface area contributed by atoms with Crippen LogP contribution >= 0.6 is 0 Å². The maximum absolute atomic E-state index is 14.0. The van der Waals surface area contributed by atoms with Crippen molar-refractivity contribution in [2.75, 3.05) is 51.4 Å². The minimum atomic E-state index is -1.22. The molecule has 1 aliphatic heterocycles. The van der Waals surface area contributed by atoms with E-state index < -0.39 is 12.2 Å². The molecule has 2 amide bonds. The molecule has 2 heterocycles. The summed E-state index contributed by atoms with van der Waals surface area (Å²) in [5.74, 6) is 5.90. The van der Waals surface area contributed by atoms with Crippen LogP contribution in [0.3, 0.4) is 0 Å². The lowest BCUT2D eigenvalue weighted by atomic mass is 10.2. The highest BCUT2D eigenvalue weighted by Crippen LogP contribution is 2.21. The molecule has 0 bridgehead atoms. The third kappa shape index (κ3) is 8.52. The van der Waals surface area contributed by atoms with Gasteiger partial charge in [0.2, 0.25) is 17.8 Å². The number of likely N-dealkylation sites (tertiary alicyclic amines) is 1. The van der Waals surface area contributed by atoms with Gasteiger partial charge in [0, 0.05) is 44.7 Å². The number of halogens is 2. The summed E-state index contributed by atoms with van der Waals surface area (Å²) < 4.78 is 27.1. The second-order valence-electron chi connectivity index (χ2n) is 9.04. The zero-order valence-corrected chi connectivity index (χ0v) is 21.8. The van der Waals surface area contributed by atoms with Crippen LogP contribution in [0.1, 0.15) is 24.8 Å². The Balaban J connectivity index is 1.47. The topological polar surface area (TPSA) is 102 Å². The molecule has 38 heavy (non-hydrogen) atoms. The van der Waals surface area contributed by atoms with E-state index in [2.05, 4.69) is 37.8 Å². The summed E-state index contributed by atoms with van der Waals surface area (Å²) >= 11 is 0. The molecule has 0 aliphatic carbocycles. The van der Waals surface area contributed by atoms with Crippen LogP contribution in [0, 0.1) is 17.7 Å². The molecular formula is C27H33F2N7O2. The summed E-state index contributed by atoms with van der Waals surface area (Å²) in [5, 5.41) is 8.78. The Labute approximate surface area is 221 Å². The van der Waals surface area contributed by atoms with E-state index in [0.29, 0.717) is 48.9 Å². The number of aromatic nitrogens is 2. The van der Waals surface area contributed by atoms with Crippen LogP contribution in [0.5, 0.6) is 0 Å². The van der Waals surface area contributed by atoms with Gasteiger partial charge in [0.25, 0.3) is 0 Å². The number of hydrogen-bond donors (Lipinski definition) is 3. The Hall–Kier alpha value is -4.04. The van der Waals surface area contributed by atoms with E-state index >= 15 is 0 Å². The van der Waals surface area contributed by atoms with Gasteiger partial charge < -0.3 is 25.8 Å². The van der Waals surface area contributed by atoms with E-state index in [9.17, 15) is 18.4 Å². The predicted molar refractivity (Wildman–Crippen MR) is 143 cm³/mol. The molecule has 3 rings (SSSR count). The van der Waals surface area contributed by atoms with Crippen LogP contribution in [0.15, 0.2) is 42.6 Å². The van der Waals surface area contributed by atoms with Crippen molar-refractivity contribution in [1.82, 2.24) is 25.1 Å². The Morgan fingerprint density at radius 2 is 2.03 bits per heavy atom. The fraction of sp³-hybridized carbons (Fsp3) is 0.407. The van der Waals surface area contributed by atoms with Crippen molar-refractivity contribution in [3.05, 3.63) is 54.0 Å². The smallest absolute Gasteiger partial charge is 0.247 e. The Morgan fingerprint density at radius 1 is 1.26 bits per heavy atom. The largest absolute Gasteiger partial charge is 0.372 e. The van der Waals surface area contributed by atoms with Crippen molar-refractivity contribution in [2.24, 2.45) is 0 Å². The van der Waals surface area contributed by atoms with Crippen molar-refractivity contribution in [2.45, 2.75) is 31.5 Å². The van der Waals surface area contributed by atoms with Crippen LogP contribution in [-0.4, -0.2) is 84.6 Å². The van der Waals surface area contributed by atoms with Crippen LogP contribution in [0.4, 0.5) is 26.2 Å². The molecule has 2 aromatic rings. The standard InChI is InChI=1S/C27H33F2N7O2/c1-30-25-19(17-32-27(34-25)33-22-12-10-20(28)11-13-22)8-5-4-6-14-31-26(38)23-16-21(29)18-36(23)24(37)9-7-15-35(2)3/h7,9-13,17,21,23H,4,6,14-16,18H2,1-3H3,(H,31,38)(H2,30,32,33,34)/b9-7+/t21-,23+/m1/s1. The molecular weight excluding hydrogens is 492 g/mol. The van der Waals surface area contributed by atoms with Gasteiger partial charge in [-0.05, 0) is 44.8 Å². The first-order chi connectivity index (χ1) is 18.3. The fourth-order valence-electron chi connectivity index (χ4n) is 3.79. The quantitative estimate of drug-likeness (QED) is 0.249. The first-order valence-electron chi connectivity index (χ1n) is 12.4. The van der Waals surface area contributed by atoms with Gasteiger partial charge >= 0.3 is 0 Å². The summed E-state index contributed by atoms with van der Waals surface area (Å²) in [6.45, 7) is 0.855. The number of unbranched alkanes of at least 4 members (excludes halogenated alkanes) is 1. The SMILES string of the molecule is CNc1nc(Nc2ccc(F)cc2)ncc1C#CCCCNC(=O)[C@@H]1C[C@@H](F)CN1C(=O)/C=C/CN(C)C.